The summed E-state index contributed by atoms with van der Waals surface area (Å²) in [4.78, 5) is 36.6. The summed E-state index contributed by atoms with van der Waals surface area (Å²) >= 11 is 0. The van der Waals surface area contributed by atoms with E-state index in [1.54, 1.807) is 17.2 Å². The summed E-state index contributed by atoms with van der Waals surface area (Å²) < 4.78 is 20.3. The zero-order valence-electron chi connectivity index (χ0n) is 27.2. The van der Waals surface area contributed by atoms with Crippen LogP contribution in [0.2, 0.25) is 6.32 Å². The van der Waals surface area contributed by atoms with Crippen molar-refractivity contribution in [3.05, 3.63) is 107 Å². The molecule has 3 aromatic rings. The Balaban J connectivity index is 1.08. The van der Waals surface area contributed by atoms with Crippen LogP contribution in [0, 0.1) is 23.6 Å². The van der Waals surface area contributed by atoms with Crippen molar-refractivity contribution in [2.75, 3.05) is 13.1 Å². The maximum Gasteiger partial charge on any atom is 0.455 e. The average Bonchev–Trinajstić information content (AvgIpc) is 3.34. The fourth-order valence-corrected chi connectivity index (χ4v) is 8.41. The monoisotopic (exact) mass is 649 g/mol. The maximum absolute atomic E-state index is 14.2. The molecule has 0 unspecified atom stereocenters. The SMILES string of the molecule is CC1=C2[C@@H](CC/C(=C/c3ccc(O)c(F)c3)c3ccccn3)OB(O)C[C@@H]2[C@@H]2C(=O)N(C3CCN(Cc4ccccc4)CC3)C(=O)[C@@H]2C1. The van der Waals surface area contributed by atoms with Crippen molar-refractivity contribution in [3.63, 3.8) is 0 Å². The molecular weight excluding hydrogens is 608 g/mol. The number of allylic oxidation sites excluding steroid dienone is 2. The van der Waals surface area contributed by atoms with Crippen LogP contribution in [-0.2, 0) is 20.8 Å². The van der Waals surface area contributed by atoms with E-state index in [9.17, 15) is 24.1 Å². The van der Waals surface area contributed by atoms with E-state index in [-0.39, 0.29) is 30.1 Å². The molecule has 3 aliphatic heterocycles. The molecule has 2 aromatic carbocycles. The van der Waals surface area contributed by atoms with Crippen LogP contribution in [0.3, 0.4) is 0 Å². The fourth-order valence-electron chi connectivity index (χ4n) is 8.41. The van der Waals surface area contributed by atoms with Crippen LogP contribution in [0.25, 0.3) is 11.6 Å². The minimum Gasteiger partial charge on any atom is -0.505 e. The molecule has 4 aliphatic rings. The van der Waals surface area contributed by atoms with Crippen molar-refractivity contribution >= 4 is 30.6 Å². The molecular formula is C38H41BFN3O5. The Hall–Kier alpha value is -4.12. The van der Waals surface area contributed by atoms with Crippen molar-refractivity contribution in [1.29, 1.82) is 0 Å². The van der Waals surface area contributed by atoms with Crippen molar-refractivity contribution in [2.45, 2.75) is 64.0 Å². The number of aromatic hydroxyl groups is 1. The van der Waals surface area contributed by atoms with Gasteiger partial charge in [0.2, 0.25) is 11.8 Å². The molecule has 0 spiro atoms. The summed E-state index contributed by atoms with van der Waals surface area (Å²) in [6.07, 6.45) is 6.43. The average molecular weight is 650 g/mol. The first-order chi connectivity index (χ1) is 23.3. The molecule has 0 saturated carbocycles. The third-order valence-corrected chi connectivity index (χ3v) is 10.6. The zero-order valence-corrected chi connectivity index (χ0v) is 27.2. The van der Waals surface area contributed by atoms with Crippen molar-refractivity contribution in [3.8, 4) is 5.75 Å². The molecule has 10 heteroatoms. The Morgan fingerprint density at radius 1 is 1.04 bits per heavy atom. The van der Waals surface area contributed by atoms with Crippen LogP contribution in [0.1, 0.15) is 55.8 Å². The zero-order chi connectivity index (χ0) is 33.4. The molecule has 248 valence electrons. The van der Waals surface area contributed by atoms with E-state index in [4.69, 9.17) is 4.65 Å². The molecule has 2 N–H and O–H groups in total. The van der Waals surface area contributed by atoms with Crippen molar-refractivity contribution in [2.24, 2.45) is 17.8 Å². The number of nitrogens with zero attached hydrogens (tertiary/aromatic N) is 3. The van der Waals surface area contributed by atoms with Gasteiger partial charge in [0.15, 0.2) is 11.6 Å². The van der Waals surface area contributed by atoms with Gasteiger partial charge in [-0.25, -0.2) is 4.39 Å². The van der Waals surface area contributed by atoms with Gasteiger partial charge in [0.05, 0.1) is 23.6 Å². The van der Waals surface area contributed by atoms with Gasteiger partial charge in [-0.1, -0.05) is 48.0 Å². The molecule has 3 saturated heterocycles. The van der Waals surface area contributed by atoms with Crippen LogP contribution in [0.5, 0.6) is 5.75 Å². The molecule has 4 atom stereocenters. The number of phenols is 1. The molecule has 2 amide bonds. The van der Waals surface area contributed by atoms with E-state index in [1.165, 1.54) is 17.7 Å². The number of rotatable bonds is 8. The molecule has 3 fully saturated rings. The van der Waals surface area contributed by atoms with Crippen molar-refractivity contribution in [1.82, 2.24) is 14.8 Å². The molecule has 8 nitrogen and oxygen atoms in total. The lowest BCUT2D eigenvalue weighted by Gasteiger charge is -2.42. The lowest BCUT2D eigenvalue weighted by atomic mass is 9.58. The highest BCUT2D eigenvalue weighted by molar-refractivity contribution is 6.43. The number of fused-ring (bicyclic) bond motifs is 3. The van der Waals surface area contributed by atoms with E-state index < -0.39 is 36.6 Å². The number of piperidine rings is 1. The quantitative estimate of drug-likeness (QED) is 0.183. The number of likely N-dealkylation sites (tertiary alicyclic amines) is 2. The van der Waals surface area contributed by atoms with E-state index in [1.807, 2.05) is 49.4 Å². The van der Waals surface area contributed by atoms with Crippen LogP contribution in [0.4, 0.5) is 4.39 Å². The fraction of sp³-hybridized carbons (Fsp3) is 0.395. The lowest BCUT2D eigenvalue weighted by molar-refractivity contribution is -0.144. The number of aromatic nitrogens is 1. The topological polar surface area (TPSA) is 103 Å². The third kappa shape index (κ3) is 6.49. The molecule has 0 radical (unpaired) electrons. The highest BCUT2D eigenvalue weighted by atomic mass is 19.1. The molecule has 0 bridgehead atoms. The van der Waals surface area contributed by atoms with E-state index in [2.05, 4.69) is 22.0 Å². The first-order valence-corrected chi connectivity index (χ1v) is 17.0. The van der Waals surface area contributed by atoms with E-state index >= 15 is 0 Å². The molecule has 1 aromatic heterocycles. The number of benzene rings is 2. The Morgan fingerprint density at radius 3 is 2.54 bits per heavy atom. The summed E-state index contributed by atoms with van der Waals surface area (Å²) in [6.45, 7) is 4.55. The van der Waals surface area contributed by atoms with Crippen LogP contribution >= 0.6 is 0 Å². The second-order valence-corrected chi connectivity index (χ2v) is 13.7. The number of phenolic OH excluding ortho intramolecular Hbond substituents is 1. The normalized spacial score (nSPS) is 25.4. The summed E-state index contributed by atoms with van der Waals surface area (Å²) in [5.41, 5.74) is 5.51. The largest absolute Gasteiger partial charge is 0.505 e. The standard InChI is InChI=1S/C38H41BFN3O5/c1-24-19-29-36(38(46)43(37(29)45)28-14-17-42(18-15-28)23-25-7-3-2-4-8-25)30-22-39(47)48-34(35(24)30)13-11-27(32-9-5-6-16-41-32)20-26-10-12-33(44)31(40)21-26/h2-10,12,16,20-21,28-30,34,36,44,47H,11,13-15,17-19,22-23H2,1H3/b27-20-/t29-,30+,34-,36-/m1/s1. The minimum absolute atomic E-state index is 0.0658. The lowest BCUT2D eigenvalue weighted by Crippen LogP contribution is -2.48. The Morgan fingerprint density at radius 2 is 1.81 bits per heavy atom. The van der Waals surface area contributed by atoms with Gasteiger partial charge in [0.1, 0.15) is 0 Å². The molecule has 4 heterocycles. The number of amides is 2. The predicted molar refractivity (Wildman–Crippen MR) is 181 cm³/mol. The summed E-state index contributed by atoms with van der Waals surface area (Å²) in [6, 6.07) is 20.1. The highest BCUT2D eigenvalue weighted by Gasteiger charge is 2.58. The number of pyridine rings is 1. The summed E-state index contributed by atoms with van der Waals surface area (Å²) in [5.74, 6) is -2.45. The van der Waals surface area contributed by atoms with Gasteiger partial charge < -0.3 is 14.8 Å². The van der Waals surface area contributed by atoms with Crippen molar-refractivity contribution < 1.29 is 28.8 Å². The van der Waals surface area contributed by atoms with Crippen LogP contribution < -0.4 is 0 Å². The van der Waals surface area contributed by atoms with Gasteiger partial charge in [0.25, 0.3) is 0 Å². The Labute approximate surface area is 281 Å². The first-order valence-electron chi connectivity index (χ1n) is 17.0. The molecule has 48 heavy (non-hydrogen) atoms. The Kier molecular flexibility index (Phi) is 9.31. The van der Waals surface area contributed by atoms with E-state index in [0.717, 1.165) is 54.9 Å². The second-order valence-electron chi connectivity index (χ2n) is 13.7. The minimum atomic E-state index is -1.05. The number of hydrogen-bond acceptors (Lipinski definition) is 7. The number of carbonyl (C=O) groups excluding carboxylic acids is 2. The van der Waals surface area contributed by atoms with E-state index in [0.29, 0.717) is 24.8 Å². The maximum atomic E-state index is 14.2. The van der Waals surface area contributed by atoms with Gasteiger partial charge in [-0.15, -0.1) is 0 Å². The van der Waals surface area contributed by atoms with Gasteiger partial charge in [-0.2, -0.15) is 0 Å². The van der Waals surface area contributed by atoms with Gasteiger partial charge in [-0.05, 0) is 104 Å². The van der Waals surface area contributed by atoms with Crippen LogP contribution in [-0.4, -0.2) is 69.1 Å². The van der Waals surface area contributed by atoms with Crippen LogP contribution in [0.15, 0.2) is 84.1 Å². The summed E-state index contributed by atoms with van der Waals surface area (Å²) in [7, 11) is -1.05. The highest BCUT2D eigenvalue weighted by Crippen LogP contribution is 2.51. The first kappa shape index (κ1) is 32.4. The summed E-state index contributed by atoms with van der Waals surface area (Å²) in [5, 5.41) is 20.6. The third-order valence-electron chi connectivity index (χ3n) is 10.6. The molecule has 7 rings (SSSR count). The number of halogens is 1. The number of hydrogen-bond donors (Lipinski definition) is 2. The molecule has 1 aliphatic carbocycles. The predicted octanol–water partition coefficient (Wildman–Crippen LogP) is 5.73. The number of carbonyl (C=O) groups is 2. The Bertz CT molecular complexity index is 1730. The second kappa shape index (κ2) is 13.8. The van der Waals surface area contributed by atoms with Gasteiger partial charge in [-0.3, -0.25) is 24.4 Å². The van der Waals surface area contributed by atoms with Gasteiger partial charge in [0, 0.05) is 31.9 Å². The number of imide groups is 1. The smallest absolute Gasteiger partial charge is 0.455 e. The van der Waals surface area contributed by atoms with Gasteiger partial charge >= 0.3 is 7.12 Å².